The fraction of sp³-hybridized carbons (Fsp3) is 0.727. The van der Waals surface area contributed by atoms with Crippen molar-refractivity contribution in [3.8, 4) is 0 Å². The van der Waals surface area contributed by atoms with E-state index in [1.165, 1.54) is 18.9 Å². The lowest BCUT2D eigenvalue weighted by Crippen LogP contribution is -2.30. The number of carbonyl (C=O) groups is 1. The Hall–Kier alpha value is -0.790. The highest BCUT2D eigenvalue weighted by Crippen LogP contribution is 2.42. The number of rotatable bonds is 3. The predicted octanol–water partition coefficient (Wildman–Crippen LogP) is 2.68. The summed E-state index contributed by atoms with van der Waals surface area (Å²) in [6.07, 6.45) is 5.75. The van der Waals surface area contributed by atoms with Crippen LogP contribution >= 0.6 is 0 Å². The molecule has 1 rings (SSSR count). The zero-order valence-corrected chi connectivity index (χ0v) is 8.51. The maximum Gasteiger partial charge on any atom is 0.330 e. The summed E-state index contributed by atoms with van der Waals surface area (Å²) in [6, 6.07) is 0. The smallest absolute Gasteiger partial charge is 0.330 e. The van der Waals surface area contributed by atoms with E-state index in [2.05, 4.69) is 20.4 Å². The van der Waals surface area contributed by atoms with Crippen LogP contribution in [-0.2, 0) is 9.53 Å². The lowest BCUT2D eigenvalue weighted by Gasteiger charge is -2.29. The minimum atomic E-state index is -0.286. The Morgan fingerprint density at radius 2 is 2.46 bits per heavy atom. The Kier molecular flexibility index (Phi) is 3.12. The van der Waals surface area contributed by atoms with Gasteiger partial charge in [-0.1, -0.05) is 20.4 Å². The van der Waals surface area contributed by atoms with E-state index in [0.717, 1.165) is 12.8 Å². The topological polar surface area (TPSA) is 26.3 Å². The molecule has 1 saturated carbocycles. The van der Waals surface area contributed by atoms with Crippen LogP contribution in [0.15, 0.2) is 12.7 Å². The highest BCUT2D eigenvalue weighted by Gasteiger charge is 2.39. The van der Waals surface area contributed by atoms with Crippen molar-refractivity contribution in [1.82, 2.24) is 0 Å². The van der Waals surface area contributed by atoms with Crippen molar-refractivity contribution in [1.29, 1.82) is 0 Å². The summed E-state index contributed by atoms with van der Waals surface area (Å²) in [4.78, 5) is 11.0. The molecular weight excluding hydrogens is 164 g/mol. The predicted molar refractivity (Wildman–Crippen MR) is 52.3 cm³/mol. The summed E-state index contributed by atoms with van der Waals surface area (Å²) < 4.78 is 5.31. The van der Waals surface area contributed by atoms with Crippen molar-refractivity contribution < 1.29 is 9.53 Å². The molecule has 2 nitrogen and oxygen atoms in total. The molecule has 0 aromatic heterocycles. The van der Waals surface area contributed by atoms with E-state index in [1.54, 1.807) is 0 Å². The number of ether oxygens (including phenoxy) is 1. The first-order valence-corrected chi connectivity index (χ1v) is 4.95. The van der Waals surface area contributed by atoms with Crippen molar-refractivity contribution in [3.05, 3.63) is 12.7 Å². The first kappa shape index (κ1) is 10.3. The van der Waals surface area contributed by atoms with Gasteiger partial charge in [-0.25, -0.2) is 4.79 Å². The molecule has 2 atom stereocenters. The third kappa shape index (κ3) is 2.11. The van der Waals surface area contributed by atoms with Crippen molar-refractivity contribution in [3.63, 3.8) is 0 Å². The average molecular weight is 182 g/mol. The van der Waals surface area contributed by atoms with Crippen molar-refractivity contribution in [2.24, 2.45) is 5.41 Å². The zero-order valence-electron chi connectivity index (χ0n) is 8.51. The number of carbonyl (C=O) groups excluding carboxylic acids is 1. The van der Waals surface area contributed by atoms with Gasteiger partial charge in [0.15, 0.2) is 0 Å². The quantitative estimate of drug-likeness (QED) is 0.495. The fourth-order valence-corrected chi connectivity index (χ4v) is 1.99. The van der Waals surface area contributed by atoms with E-state index in [4.69, 9.17) is 4.74 Å². The molecule has 13 heavy (non-hydrogen) atoms. The van der Waals surface area contributed by atoms with Crippen LogP contribution < -0.4 is 0 Å². The van der Waals surface area contributed by atoms with E-state index >= 15 is 0 Å². The standard InChI is InChI=1S/C11H18O2/c1-4-10(12)13-9-7-6-8-11(9,3)5-2/h4,9H,1,5-8H2,2-3H3. The highest BCUT2D eigenvalue weighted by molar-refractivity contribution is 5.81. The molecule has 0 saturated heterocycles. The normalized spacial score (nSPS) is 32.9. The summed E-state index contributed by atoms with van der Waals surface area (Å²) in [6.45, 7) is 7.75. The highest BCUT2D eigenvalue weighted by atomic mass is 16.5. The van der Waals surface area contributed by atoms with Gasteiger partial charge in [0.25, 0.3) is 0 Å². The van der Waals surface area contributed by atoms with Crippen LogP contribution in [0.4, 0.5) is 0 Å². The Balaban J connectivity index is 2.58. The molecule has 74 valence electrons. The SMILES string of the molecule is C=CC(=O)OC1CCCC1(C)CC. The van der Waals surface area contributed by atoms with Crippen LogP contribution in [0, 0.1) is 5.41 Å². The second-order valence-electron chi connectivity index (χ2n) is 4.03. The van der Waals surface area contributed by atoms with Gasteiger partial charge >= 0.3 is 5.97 Å². The molecule has 0 N–H and O–H groups in total. The second kappa shape index (κ2) is 3.95. The Morgan fingerprint density at radius 3 is 3.00 bits per heavy atom. The number of esters is 1. The van der Waals surface area contributed by atoms with Gasteiger partial charge in [-0.15, -0.1) is 0 Å². The first-order valence-electron chi connectivity index (χ1n) is 4.95. The molecule has 1 fully saturated rings. The van der Waals surface area contributed by atoms with Crippen LogP contribution in [0.2, 0.25) is 0 Å². The molecule has 0 aliphatic heterocycles. The lowest BCUT2D eigenvalue weighted by atomic mass is 9.84. The largest absolute Gasteiger partial charge is 0.459 e. The molecular formula is C11H18O2. The van der Waals surface area contributed by atoms with Crippen LogP contribution in [0.1, 0.15) is 39.5 Å². The fourth-order valence-electron chi connectivity index (χ4n) is 1.99. The summed E-state index contributed by atoms with van der Waals surface area (Å²) in [5.74, 6) is -0.286. The molecule has 2 unspecified atom stereocenters. The van der Waals surface area contributed by atoms with E-state index in [9.17, 15) is 4.79 Å². The average Bonchev–Trinajstić information content (AvgIpc) is 2.49. The minimum Gasteiger partial charge on any atom is -0.459 e. The summed E-state index contributed by atoms with van der Waals surface area (Å²) in [5.41, 5.74) is 0.193. The zero-order chi connectivity index (χ0) is 9.90. The Labute approximate surface area is 80.0 Å². The van der Waals surface area contributed by atoms with Gasteiger partial charge in [-0.2, -0.15) is 0 Å². The van der Waals surface area contributed by atoms with Crippen molar-refractivity contribution >= 4 is 5.97 Å². The van der Waals surface area contributed by atoms with Crippen LogP contribution in [-0.4, -0.2) is 12.1 Å². The molecule has 0 amide bonds. The summed E-state index contributed by atoms with van der Waals surface area (Å²) >= 11 is 0. The van der Waals surface area contributed by atoms with E-state index in [-0.39, 0.29) is 17.5 Å². The molecule has 0 heterocycles. The molecule has 0 radical (unpaired) electrons. The van der Waals surface area contributed by atoms with Crippen LogP contribution in [0.5, 0.6) is 0 Å². The number of hydrogen-bond acceptors (Lipinski definition) is 2. The van der Waals surface area contributed by atoms with Gasteiger partial charge in [0.1, 0.15) is 6.10 Å². The third-order valence-electron chi connectivity index (χ3n) is 3.22. The molecule has 0 aromatic rings. The maximum atomic E-state index is 11.0. The molecule has 0 aromatic carbocycles. The van der Waals surface area contributed by atoms with Gasteiger partial charge in [-0.05, 0) is 25.7 Å². The molecule has 0 bridgehead atoms. The first-order chi connectivity index (χ1) is 6.12. The molecule has 1 aliphatic carbocycles. The van der Waals surface area contributed by atoms with Gasteiger partial charge in [0.05, 0.1) is 0 Å². The van der Waals surface area contributed by atoms with Crippen LogP contribution in [0.25, 0.3) is 0 Å². The van der Waals surface area contributed by atoms with Crippen LogP contribution in [0.3, 0.4) is 0 Å². The van der Waals surface area contributed by atoms with E-state index in [1.807, 2.05) is 0 Å². The Morgan fingerprint density at radius 1 is 1.77 bits per heavy atom. The molecule has 2 heteroatoms. The maximum absolute atomic E-state index is 11.0. The third-order valence-corrected chi connectivity index (χ3v) is 3.22. The summed E-state index contributed by atoms with van der Waals surface area (Å²) in [5, 5.41) is 0. The van der Waals surface area contributed by atoms with Crippen molar-refractivity contribution in [2.45, 2.75) is 45.6 Å². The monoisotopic (exact) mass is 182 g/mol. The van der Waals surface area contributed by atoms with E-state index in [0.29, 0.717) is 0 Å². The summed E-state index contributed by atoms with van der Waals surface area (Å²) in [7, 11) is 0. The van der Waals surface area contributed by atoms with Gasteiger partial charge in [-0.3, -0.25) is 0 Å². The van der Waals surface area contributed by atoms with Gasteiger partial charge in [0.2, 0.25) is 0 Å². The lowest BCUT2D eigenvalue weighted by molar-refractivity contribution is -0.147. The van der Waals surface area contributed by atoms with Crippen molar-refractivity contribution in [2.75, 3.05) is 0 Å². The minimum absolute atomic E-state index is 0.1000. The Bertz CT molecular complexity index is 210. The van der Waals surface area contributed by atoms with Gasteiger partial charge < -0.3 is 4.74 Å². The van der Waals surface area contributed by atoms with E-state index < -0.39 is 0 Å². The second-order valence-corrected chi connectivity index (χ2v) is 4.03. The van der Waals surface area contributed by atoms with Gasteiger partial charge in [0, 0.05) is 11.5 Å². The molecule has 0 spiro atoms. The molecule has 1 aliphatic rings. The number of hydrogen-bond donors (Lipinski definition) is 0.